The Balaban J connectivity index is 1.84. The lowest BCUT2D eigenvalue weighted by Crippen LogP contribution is -2.02. The van der Waals surface area contributed by atoms with E-state index in [9.17, 15) is 4.39 Å². The second kappa shape index (κ2) is 7.10. The predicted octanol–water partition coefficient (Wildman–Crippen LogP) is 3.42. The van der Waals surface area contributed by atoms with Gasteiger partial charge in [-0.15, -0.1) is 0 Å². The summed E-state index contributed by atoms with van der Waals surface area (Å²) in [6.45, 7) is 1.87. The van der Waals surface area contributed by atoms with Gasteiger partial charge < -0.3 is 14.8 Å². The summed E-state index contributed by atoms with van der Waals surface area (Å²) < 4.78 is 26.1. The number of rotatable bonds is 5. The zero-order valence-corrected chi connectivity index (χ0v) is 15.5. The van der Waals surface area contributed by atoms with Gasteiger partial charge in [-0.05, 0) is 19.1 Å². The van der Waals surface area contributed by atoms with Gasteiger partial charge in [0.05, 0.1) is 25.4 Å². The minimum absolute atomic E-state index is 0.348. The van der Waals surface area contributed by atoms with Gasteiger partial charge in [0.15, 0.2) is 5.82 Å². The van der Waals surface area contributed by atoms with E-state index in [1.54, 1.807) is 29.2 Å². The Bertz CT molecular complexity index is 1160. The van der Waals surface area contributed by atoms with Crippen LogP contribution >= 0.6 is 0 Å². The number of methoxy groups -OCH3 is 2. The third kappa shape index (κ3) is 3.07. The van der Waals surface area contributed by atoms with E-state index < -0.39 is 0 Å². The summed E-state index contributed by atoms with van der Waals surface area (Å²) in [5.74, 6) is 1.42. The molecule has 0 radical (unpaired) electrons. The number of anilines is 2. The second-order valence-corrected chi connectivity index (χ2v) is 5.94. The summed E-state index contributed by atoms with van der Waals surface area (Å²) in [4.78, 5) is 12.7. The Morgan fingerprint density at radius 1 is 1.04 bits per heavy atom. The molecule has 0 saturated heterocycles. The lowest BCUT2D eigenvalue weighted by atomic mass is 10.2. The fourth-order valence-corrected chi connectivity index (χ4v) is 2.92. The molecule has 0 aliphatic rings. The lowest BCUT2D eigenvalue weighted by molar-refractivity contribution is 0.398. The van der Waals surface area contributed by atoms with E-state index in [1.165, 1.54) is 32.5 Å². The van der Waals surface area contributed by atoms with Crippen LogP contribution in [0, 0.1) is 12.7 Å². The lowest BCUT2D eigenvalue weighted by Gasteiger charge is -2.11. The molecule has 0 fully saturated rings. The minimum Gasteiger partial charge on any atom is -0.494 e. The number of halogens is 1. The number of hydrogen-bond acceptors (Lipinski definition) is 7. The molecule has 0 atom stereocenters. The van der Waals surface area contributed by atoms with E-state index in [1.807, 2.05) is 6.92 Å². The van der Waals surface area contributed by atoms with Gasteiger partial charge in [0, 0.05) is 36.1 Å². The van der Waals surface area contributed by atoms with Crippen LogP contribution in [0.25, 0.3) is 16.6 Å². The Morgan fingerprint density at radius 2 is 1.86 bits per heavy atom. The van der Waals surface area contributed by atoms with E-state index in [0.29, 0.717) is 29.0 Å². The standard InChI is InChI=1S/C19H17FN6O2/c1-11-13-10-23-17(24-18-19(28-3)22-7-6-21-18)9-14(13)26(25-11)15-8-12(20)4-5-16(15)27-2/h4-10H,1-3H3,(H,21,23,24). The molecule has 0 amide bonds. The Labute approximate surface area is 160 Å². The number of nitrogens with zero attached hydrogens (tertiary/aromatic N) is 5. The molecular weight excluding hydrogens is 363 g/mol. The summed E-state index contributed by atoms with van der Waals surface area (Å²) in [7, 11) is 3.05. The predicted molar refractivity (Wildman–Crippen MR) is 102 cm³/mol. The van der Waals surface area contributed by atoms with Crippen LogP contribution in [-0.4, -0.2) is 39.0 Å². The maximum Gasteiger partial charge on any atom is 0.257 e. The molecule has 0 spiro atoms. The number of benzene rings is 1. The average molecular weight is 380 g/mol. The number of fused-ring (bicyclic) bond motifs is 1. The molecule has 28 heavy (non-hydrogen) atoms. The molecule has 3 heterocycles. The van der Waals surface area contributed by atoms with Crippen molar-refractivity contribution in [2.45, 2.75) is 6.92 Å². The van der Waals surface area contributed by atoms with Gasteiger partial charge in [-0.2, -0.15) is 5.10 Å². The SMILES string of the molecule is COc1ccc(F)cc1-n1nc(C)c2cnc(Nc3nccnc3OC)cc21. The third-order valence-corrected chi connectivity index (χ3v) is 4.22. The average Bonchev–Trinajstić information content (AvgIpc) is 3.04. The monoisotopic (exact) mass is 380 g/mol. The quantitative estimate of drug-likeness (QED) is 0.568. The number of aryl methyl sites for hydroxylation is 1. The molecule has 4 aromatic rings. The van der Waals surface area contributed by atoms with Crippen LogP contribution in [-0.2, 0) is 0 Å². The van der Waals surface area contributed by atoms with E-state index in [4.69, 9.17) is 9.47 Å². The van der Waals surface area contributed by atoms with Gasteiger partial charge >= 0.3 is 0 Å². The highest BCUT2D eigenvalue weighted by Crippen LogP contribution is 2.30. The molecule has 0 saturated carbocycles. The van der Waals surface area contributed by atoms with Crippen LogP contribution < -0.4 is 14.8 Å². The molecule has 1 aromatic carbocycles. The highest BCUT2D eigenvalue weighted by Gasteiger charge is 2.16. The first-order chi connectivity index (χ1) is 13.6. The van der Waals surface area contributed by atoms with Crippen molar-refractivity contribution in [2.24, 2.45) is 0 Å². The van der Waals surface area contributed by atoms with Crippen LogP contribution in [0.1, 0.15) is 5.69 Å². The Hall–Kier alpha value is -3.75. The highest BCUT2D eigenvalue weighted by molar-refractivity contribution is 5.85. The first-order valence-electron chi connectivity index (χ1n) is 8.42. The topological polar surface area (TPSA) is 87.0 Å². The molecule has 9 heteroatoms. The number of hydrogen-bond donors (Lipinski definition) is 1. The van der Waals surface area contributed by atoms with Gasteiger partial charge in [0.25, 0.3) is 5.88 Å². The summed E-state index contributed by atoms with van der Waals surface area (Å²) in [6, 6.07) is 6.09. The number of nitrogens with one attached hydrogen (secondary N) is 1. The van der Waals surface area contributed by atoms with Gasteiger partial charge in [-0.3, -0.25) is 0 Å². The van der Waals surface area contributed by atoms with Crippen LogP contribution in [0.3, 0.4) is 0 Å². The zero-order valence-electron chi connectivity index (χ0n) is 15.5. The summed E-state index contributed by atoms with van der Waals surface area (Å²) in [5.41, 5.74) is 1.99. The Morgan fingerprint density at radius 3 is 2.64 bits per heavy atom. The number of aromatic nitrogens is 5. The fourth-order valence-electron chi connectivity index (χ4n) is 2.92. The van der Waals surface area contributed by atoms with Crippen molar-refractivity contribution < 1.29 is 13.9 Å². The van der Waals surface area contributed by atoms with Crippen LogP contribution in [0.5, 0.6) is 11.6 Å². The highest BCUT2D eigenvalue weighted by atomic mass is 19.1. The summed E-state index contributed by atoms with van der Waals surface area (Å²) in [6.07, 6.45) is 4.79. The van der Waals surface area contributed by atoms with Crippen molar-refractivity contribution in [2.75, 3.05) is 19.5 Å². The van der Waals surface area contributed by atoms with Crippen molar-refractivity contribution in [1.29, 1.82) is 0 Å². The molecule has 0 aliphatic heterocycles. The first-order valence-corrected chi connectivity index (χ1v) is 8.42. The second-order valence-electron chi connectivity index (χ2n) is 5.94. The largest absolute Gasteiger partial charge is 0.494 e. The van der Waals surface area contributed by atoms with E-state index in [2.05, 4.69) is 25.4 Å². The van der Waals surface area contributed by atoms with Gasteiger partial charge in [0.1, 0.15) is 23.1 Å². The van der Waals surface area contributed by atoms with Crippen molar-refractivity contribution in [1.82, 2.24) is 24.7 Å². The van der Waals surface area contributed by atoms with Crippen molar-refractivity contribution in [3.05, 3.63) is 54.4 Å². The normalized spacial score (nSPS) is 10.9. The molecule has 0 bridgehead atoms. The molecule has 142 valence electrons. The maximum atomic E-state index is 13.9. The minimum atomic E-state index is -0.381. The van der Waals surface area contributed by atoms with Crippen LogP contribution in [0.4, 0.5) is 16.0 Å². The van der Waals surface area contributed by atoms with E-state index in [0.717, 1.165) is 16.6 Å². The van der Waals surface area contributed by atoms with Gasteiger partial charge in [-0.25, -0.2) is 24.0 Å². The van der Waals surface area contributed by atoms with E-state index in [-0.39, 0.29) is 5.82 Å². The smallest absolute Gasteiger partial charge is 0.257 e. The fraction of sp³-hybridized carbons (Fsp3) is 0.158. The van der Waals surface area contributed by atoms with Gasteiger partial charge in [0.2, 0.25) is 0 Å². The molecular formula is C19H17FN6O2. The summed E-state index contributed by atoms with van der Waals surface area (Å²) >= 11 is 0. The third-order valence-electron chi connectivity index (χ3n) is 4.22. The maximum absolute atomic E-state index is 13.9. The molecule has 0 unspecified atom stereocenters. The first kappa shape index (κ1) is 17.7. The van der Waals surface area contributed by atoms with Crippen molar-refractivity contribution in [3.63, 3.8) is 0 Å². The summed E-state index contributed by atoms with van der Waals surface area (Å²) in [5, 5.41) is 8.46. The van der Waals surface area contributed by atoms with Crippen molar-refractivity contribution >= 4 is 22.5 Å². The molecule has 0 aliphatic carbocycles. The molecule has 3 aromatic heterocycles. The zero-order chi connectivity index (χ0) is 19.7. The Kier molecular flexibility index (Phi) is 4.48. The molecule has 8 nitrogen and oxygen atoms in total. The number of ether oxygens (including phenoxy) is 2. The molecule has 1 N–H and O–H groups in total. The van der Waals surface area contributed by atoms with Crippen LogP contribution in [0.2, 0.25) is 0 Å². The van der Waals surface area contributed by atoms with Crippen LogP contribution in [0.15, 0.2) is 42.9 Å². The molecule has 4 rings (SSSR count). The van der Waals surface area contributed by atoms with E-state index >= 15 is 0 Å². The number of pyridine rings is 1. The van der Waals surface area contributed by atoms with Crippen molar-refractivity contribution in [3.8, 4) is 17.3 Å². The van der Waals surface area contributed by atoms with Gasteiger partial charge in [-0.1, -0.05) is 0 Å².